The van der Waals surface area contributed by atoms with E-state index in [1.54, 1.807) is 6.92 Å². The Morgan fingerprint density at radius 1 is 1.35 bits per heavy atom. The van der Waals surface area contributed by atoms with E-state index in [-0.39, 0.29) is 12.0 Å². The fourth-order valence-electron chi connectivity index (χ4n) is 2.39. The lowest BCUT2D eigenvalue weighted by Crippen LogP contribution is -2.26. The summed E-state index contributed by atoms with van der Waals surface area (Å²) in [5.74, 6) is 0.435. The number of benzene rings is 1. The Balaban J connectivity index is 1.71. The van der Waals surface area contributed by atoms with Crippen LogP contribution in [0.25, 0.3) is 0 Å². The average Bonchev–Trinajstić information content (AvgIpc) is 2.95. The number of carbonyl (C=O) groups is 1. The Morgan fingerprint density at radius 3 is 2.78 bits per heavy atom. The molecule has 2 rings (SSSR count). The first-order valence-corrected chi connectivity index (χ1v) is 8.03. The van der Waals surface area contributed by atoms with Crippen LogP contribution in [0.3, 0.4) is 0 Å². The van der Waals surface area contributed by atoms with E-state index in [1.807, 2.05) is 44.2 Å². The monoisotopic (exact) mass is 316 g/mol. The Hall–Kier alpha value is -2.14. The van der Waals surface area contributed by atoms with Gasteiger partial charge in [0.1, 0.15) is 11.3 Å². The van der Waals surface area contributed by atoms with Crippen LogP contribution in [0.5, 0.6) is 0 Å². The van der Waals surface area contributed by atoms with Crippen LogP contribution in [-0.2, 0) is 11.2 Å². The highest BCUT2D eigenvalue weighted by molar-refractivity contribution is 5.96. The van der Waals surface area contributed by atoms with E-state index in [1.165, 1.54) is 0 Å². The quantitative estimate of drug-likeness (QED) is 0.758. The number of aromatic nitrogens is 1. The van der Waals surface area contributed by atoms with Gasteiger partial charge in [-0.15, -0.1) is 0 Å². The van der Waals surface area contributed by atoms with E-state index in [9.17, 15) is 4.79 Å². The van der Waals surface area contributed by atoms with E-state index in [4.69, 9.17) is 9.26 Å². The van der Waals surface area contributed by atoms with E-state index in [0.717, 1.165) is 12.0 Å². The third-order valence-electron chi connectivity index (χ3n) is 3.74. The minimum absolute atomic E-state index is 0.0545. The SMILES string of the molecule is CCc1noc(C)c1C(=O)NCCCOC(C)c1ccccc1. The highest BCUT2D eigenvalue weighted by atomic mass is 16.5. The Morgan fingerprint density at radius 2 is 2.09 bits per heavy atom. The molecule has 5 heteroatoms. The third kappa shape index (κ3) is 4.66. The van der Waals surface area contributed by atoms with Crippen molar-refractivity contribution in [2.75, 3.05) is 13.2 Å². The fourth-order valence-corrected chi connectivity index (χ4v) is 2.39. The van der Waals surface area contributed by atoms with Crippen molar-refractivity contribution in [2.24, 2.45) is 0 Å². The molecule has 1 N–H and O–H groups in total. The molecule has 0 radical (unpaired) electrons. The molecule has 124 valence electrons. The highest BCUT2D eigenvalue weighted by Gasteiger charge is 2.18. The van der Waals surface area contributed by atoms with Crippen molar-refractivity contribution in [1.29, 1.82) is 0 Å². The second kappa shape index (κ2) is 8.48. The summed E-state index contributed by atoms with van der Waals surface area (Å²) in [6, 6.07) is 10.1. The molecule has 0 aliphatic heterocycles. The summed E-state index contributed by atoms with van der Waals surface area (Å²) in [5, 5.41) is 6.79. The fraction of sp³-hybridized carbons (Fsp3) is 0.444. The maximum atomic E-state index is 12.2. The number of amides is 1. The van der Waals surface area contributed by atoms with Crippen molar-refractivity contribution in [3.63, 3.8) is 0 Å². The van der Waals surface area contributed by atoms with Gasteiger partial charge < -0.3 is 14.6 Å². The van der Waals surface area contributed by atoms with Crippen molar-refractivity contribution >= 4 is 5.91 Å². The Kier molecular flexibility index (Phi) is 6.35. The van der Waals surface area contributed by atoms with Gasteiger partial charge in [0, 0.05) is 13.2 Å². The van der Waals surface area contributed by atoms with E-state index < -0.39 is 0 Å². The summed E-state index contributed by atoms with van der Waals surface area (Å²) in [5.41, 5.74) is 2.42. The first-order chi connectivity index (χ1) is 11.1. The van der Waals surface area contributed by atoms with Crippen molar-refractivity contribution < 1.29 is 14.1 Å². The number of carbonyl (C=O) groups excluding carboxylic acids is 1. The van der Waals surface area contributed by atoms with Crippen LogP contribution in [0.15, 0.2) is 34.9 Å². The number of rotatable bonds is 8. The predicted molar refractivity (Wildman–Crippen MR) is 88.4 cm³/mol. The molecule has 0 bridgehead atoms. The van der Waals surface area contributed by atoms with Gasteiger partial charge in [-0.1, -0.05) is 42.4 Å². The van der Waals surface area contributed by atoms with Crippen molar-refractivity contribution in [3.8, 4) is 0 Å². The van der Waals surface area contributed by atoms with Crippen molar-refractivity contribution in [3.05, 3.63) is 52.9 Å². The van der Waals surface area contributed by atoms with Crippen molar-refractivity contribution in [2.45, 2.75) is 39.7 Å². The summed E-state index contributed by atoms with van der Waals surface area (Å²) in [4.78, 5) is 12.2. The summed E-state index contributed by atoms with van der Waals surface area (Å²) < 4.78 is 10.9. The lowest BCUT2D eigenvalue weighted by Gasteiger charge is -2.13. The molecule has 0 aliphatic carbocycles. The summed E-state index contributed by atoms with van der Waals surface area (Å²) in [6.45, 7) is 6.90. The predicted octanol–water partition coefficient (Wildman–Crippen LogP) is 3.44. The van der Waals surface area contributed by atoms with Gasteiger partial charge in [0.25, 0.3) is 5.91 Å². The molecule has 0 saturated heterocycles. The van der Waals surface area contributed by atoms with Gasteiger partial charge in [-0.2, -0.15) is 0 Å². The molecule has 1 atom stereocenters. The number of nitrogens with one attached hydrogen (secondary N) is 1. The van der Waals surface area contributed by atoms with Gasteiger partial charge in [-0.05, 0) is 32.3 Å². The van der Waals surface area contributed by atoms with Crippen LogP contribution < -0.4 is 5.32 Å². The normalized spacial score (nSPS) is 12.1. The lowest BCUT2D eigenvalue weighted by molar-refractivity contribution is 0.0635. The molecule has 1 amide bonds. The average molecular weight is 316 g/mol. The van der Waals surface area contributed by atoms with Crippen molar-refractivity contribution in [1.82, 2.24) is 10.5 Å². The van der Waals surface area contributed by atoms with Gasteiger partial charge in [-0.3, -0.25) is 4.79 Å². The molecule has 0 aliphatic rings. The van der Waals surface area contributed by atoms with Gasteiger partial charge in [-0.25, -0.2) is 0 Å². The van der Waals surface area contributed by atoms with Crippen LogP contribution in [0.1, 0.15) is 53.7 Å². The zero-order valence-corrected chi connectivity index (χ0v) is 14.0. The minimum atomic E-state index is -0.128. The standard InChI is InChI=1S/C18H24N2O3/c1-4-16-17(14(3)23-20-16)18(21)19-11-8-12-22-13(2)15-9-6-5-7-10-15/h5-7,9-10,13H,4,8,11-12H2,1-3H3,(H,19,21). The first kappa shape index (κ1) is 17.2. The maximum absolute atomic E-state index is 12.2. The number of aryl methyl sites for hydroxylation is 2. The van der Waals surface area contributed by atoms with Crippen LogP contribution >= 0.6 is 0 Å². The molecule has 0 spiro atoms. The van der Waals surface area contributed by atoms with E-state index >= 15 is 0 Å². The highest BCUT2D eigenvalue weighted by Crippen LogP contribution is 2.16. The second-order valence-electron chi connectivity index (χ2n) is 5.45. The van der Waals surface area contributed by atoms with Crippen LogP contribution in [0, 0.1) is 6.92 Å². The molecule has 5 nitrogen and oxygen atoms in total. The Bertz CT molecular complexity index is 622. The molecular formula is C18H24N2O3. The molecule has 1 aromatic heterocycles. The largest absolute Gasteiger partial charge is 0.374 e. The molecule has 0 fully saturated rings. The van der Waals surface area contributed by atoms with Gasteiger partial charge in [0.2, 0.25) is 0 Å². The van der Waals surface area contributed by atoms with Crippen LogP contribution in [0.4, 0.5) is 0 Å². The number of ether oxygens (including phenoxy) is 1. The molecule has 23 heavy (non-hydrogen) atoms. The zero-order valence-electron chi connectivity index (χ0n) is 14.0. The number of hydrogen-bond acceptors (Lipinski definition) is 4. The molecule has 1 heterocycles. The molecule has 0 saturated carbocycles. The smallest absolute Gasteiger partial charge is 0.256 e. The van der Waals surface area contributed by atoms with Gasteiger partial charge in [0.05, 0.1) is 11.8 Å². The summed E-state index contributed by atoms with van der Waals surface area (Å²) in [6.07, 6.45) is 1.49. The number of nitrogens with zero attached hydrogens (tertiary/aromatic N) is 1. The topological polar surface area (TPSA) is 64.4 Å². The van der Waals surface area contributed by atoms with Crippen LogP contribution in [-0.4, -0.2) is 24.2 Å². The Labute approximate surface area is 137 Å². The molecule has 2 aromatic rings. The molecular weight excluding hydrogens is 292 g/mol. The minimum Gasteiger partial charge on any atom is -0.374 e. The van der Waals surface area contributed by atoms with E-state index in [0.29, 0.717) is 36.6 Å². The first-order valence-electron chi connectivity index (χ1n) is 8.03. The molecule has 1 aromatic carbocycles. The lowest BCUT2D eigenvalue weighted by atomic mass is 10.1. The number of hydrogen-bond donors (Lipinski definition) is 1. The summed E-state index contributed by atoms with van der Waals surface area (Å²) in [7, 11) is 0. The van der Waals surface area contributed by atoms with Gasteiger partial charge in [0.15, 0.2) is 0 Å². The third-order valence-corrected chi connectivity index (χ3v) is 3.74. The summed E-state index contributed by atoms with van der Waals surface area (Å²) >= 11 is 0. The molecule has 1 unspecified atom stereocenters. The zero-order chi connectivity index (χ0) is 16.7. The van der Waals surface area contributed by atoms with Crippen LogP contribution in [0.2, 0.25) is 0 Å². The maximum Gasteiger partial charge on any atom is 0.256 e. The van der Waals surface area contributed by atoms with E-state index in [2.05, 4.69) is 10.5 Å². The van der Waals surface area contributed by atoms with Gasteiger partial charge >= 0.3 is 0 Å². The second-order valence-corrected chi connectivity index (χ2v) is 5.45.